The van der Waals surface area contributed by atoms with E-state index in [0.717, 1.165) is 47.4 Å². The second-order valence-electron chi connectivity index (χ2n) is 7.72. The summed E-state index contributed by atoms with van der Waals surface area (Å²) < 4.78 is 27.1. The predicted octanol–water partition coefficient (Wildman–Crippen LogP) is 6.97. The highest BCUT2D eigenvalue weighted by Crippen LogP contribution is 2.40. The second kappa shape index (κ2) is 8.20. The van der Waals surface area contributed by atoms with Crippen molar-refractivity contribution in [2.45, 2.75) is 19.3 Å². The van der Waals surface area contributed by atoms with Gasteiger partial charge in [-0.3, -0.25) is 4.98 Å². The molecule has 4 aromatic rings. The number of anilines is 2. The van der Waals surface area contributed by atoms with Crippen LogP contribution < -0.4 is 10.6 Å². The Morgan fingerprint density at radius 1 is 0.938 bits per heavy atom. The molecule has 0 fully saturated rings. The van der Waals surface area contributed by atoms with Crippen LogP contribution in [0.25, 0.3) is 22.0 Å². The number of fused-ring (bicyclic) bond motifs is 2. The van der Waals surface area contributed by atoms with Crippen molar-refractivity contribution in [2.24, 2.45) is 0 Å². The summed E-state index contributed by atoms with van der Waals surface area (Å²) in [5.74, 6) is -1.58. The van der Waals surface area contributed by atoms with Crippen LogP contribution >= 0.6 is 11.6 Å². The van der Waals surface area contributed by atoms with Gasteiger partial charge in [0.05, 0.1) is 23.1 Å². The topological polar surface area (TPSA) is 54.0 Å². The number of carbonyl (C=O) groups is 1. The zero-order valence-electron chi connectivity index (χ0n) is 16.9. The van der Waals surface area contributed by atoms with Gasteiger partial charge in [-0.15, -0.1) is 0 Å². The Morgan fingerprint density at radius 2 is 1.69 bits per heavy atom. The minimum Gasteiger partial charge on any atom is -0.306 e. The lowest BCUT2D eigenvalue weighted by atomic mass is 9.96. The van der Waals surface area contributed by atoms with E-state index in [-0.39, 0.29) is 5.69 Å². The standard InChI is InChI=1S/C25H18ClF2N3O/c26-19-7-2-1-6-17(19)24-18-10-14-4-3-5-15(14)11-22(18)29-13-23(24)31-25(32)30-21-9-8-16(27)12-20(21)28/h1-2,6-13H,3-5H2,(H2,30,31,32). The fourth-order valence-electron chi connectivity index (χ4n) is 4.18. The number of nitrogens with zero attached hydrogens (tertiary/aromatic N) is 1. The highest BCUT2D eigenvalue weighted by atomic mass is 35.5. The van der Waals surface area contributed by atoms with Crippen molar-refractivity contribution in [2.75, 3.05) is 10.6 Å². The number of pyridine rings is 1. The molecule has 32 heavy (non-hydrogen) atoms. The van der Waals surface area contributed by atoms with Crippen molar-refractivity contribution in [1.29, 1.82) is 0 Å². The predicted molar refractivity (Wildman–Crippen MR) is 123 cm³/mol. The van der Waals surface area contributed by atoms with Crippen molar-refractivity contribution in [3.63, 3.8) is 0 Å². The van der Waals surface area contributed by atoms with Crippen LogP contribution in [0.2, 0.25) is 5.02 Å². The number of nitrogens with one attached hydrogen (secondary N) is 2. The molecule has 3 aromatic carbocycles. The van der Waals surface area contributed by atoms with Crippen LogP contribution in [-0.2, 0) is 12.8 Å². The molecule has 0 saturated carbocycles. The zero-order valence-corrected chi connectivity index (χ0v) is 17.6. The SMILES string of the molecule is O=C(Nc1ccc(F)cc1F)Nc1cnc2cc3c(cc2c1-c1ccccc1Cl)CCC3. The number of aromatic nitrogens is 1. The van der Waals surface area contributed by atoms with Gasteiger partial charge in [0, 0.05) is 27.6 Å². The molecule has 160 valence electrons. The lowest BCUT2D eigenvalue weighted by molar-refractivity contribution is 0.262. The summed E-state index contributed by atoms with van der Waals surface area (Å²) in [5.41, 5.74) is 5.17. The third-order valence-corrected chi connectivity index (χ3v) is 5.98. The van der Waals surface area contributed by atoms with Crippen molar-refractivity contribution in [3.8, 4) is 11.1 Å². The molecule has 2 amide bonds. The number of aryl methyl sites for hydroxylation is 2. The highest BCUT2D eigenvalue weighted by molar-refractivity contribution is 6.34. The Labute approximate surface area is 188 Å². The average molecular weight is 450 g/mol. The van der Waals surface area contributed by atoms with Crippen LogP contribution in [0.15, 0.2) is 60.8 Å². The van der Waals surface area contributed by atoms with E-state index in [2.05, 4.69) is 27.8 Å². The maximum Gasteiger partial charge on any atom is 0.323 e. The van der Waals surface area contributed by atoms with Gasteiger partial charge in [0.15, 0.2) is 0 Å². The van der Waals surface area contributed by atoms with Gasteiger partial charge in [-0.25, -0.2) is 13.6 Å². The second-order valence-corrected chi connectivity index (χ2v) is 8.13. The van der Waals surface area contributed by atoms with E-state index in [4.69, 9.17) is 11.6 Å². The van der Waals surface area contributed by atoms with E-state index in [1.807, 2.05) is 18.2 Å². The molecular weight excluding hydrogens is 432 g/mol. The maximum absolute atomic E-state index is 14.0. The van der Waals surface area contributed by atoms with E-state index in [0.29, 0.717) is 16.8 Å². The number of rotatable bonds is 3. The first-order chi connectivity index (χ1) is 15.5. The fourth-order valence-corrected chi connectivity index (χ4v) is 4.41. The molecule has 4 nitrogen and oxygen atoms in total. The molecule has 1 aliphatic rings. The van der Waals surface area contributed by atoms with Gasteiger partial charge in [-0.1, -0.05) is 29.8 Å². The normalized spacial score (nSPS) is 12.6. The Balaban J connectivity index is 1.59. The summed E-state index contributed by atoms with van der Waals surface area (Å²) >= 11 is 6.52. The Morgan fingerprint density at radius 3 is 2.47 bits per heavy atom. The third-order valence-electron chi connectivity index (χ3n) is 5.65. The Kier molecular flexibility index (Phi) is 5.23. The van der Waals surface area contributed by atoms with Crippen LogP contribution in [0.4, 0.5) is 25.0 Å². The van der Waals surface area contributed by atoms with Crippen LogP contribution in [0.5, 0.6) is 0 Å². The van der Waals surface area contributed by atoms with Crippen molar-refractivity contribution < 1.29 is 13.6 Å². The van der Waals surface area contributed by atoms with Gasteiger partial charge in [0.25, 0.3) is 0 Å². The molecule has 0 atom stereocenters. The lowest BCUT2D eigenvalue weighted by Gasteiger charge is -2.16. The molecule has 1 heterocycles. The highest BCUT2D eigenvalue weighted by Gasteiger charge is 2.19. The maximum atomic E-state index is 14.0. The van der Waals surface area contributed by atoms with Gasteiger partial charge in [-0.2, -0.15) is 0 Å². The molecule has 0 unspecified atom stereocenters. The van der Waals surface area contributed by atoms with E-state index in [1.54, 1.807) is 12.3 Å². The van der Waals surface area contributed by atoms with E-state index >= 15 is 0 Å². The van der Waals surface area contributed by atoms with Crippen LogP contribution in [0.3, 0.4) is 0 Å². The quantitative estimate of drug-likeness (QED) is 0.355. The van der Waals surface area contributed by atoms with Gasteiger partial charge in [-0.05, 0) is 60.7 Å². The smallest absolute Gasteiger partial charge is 0.306 e. The number of carbonyl (C=O) groups excluding carboxylic acids is 1. The van der Waals surface area contributed by atoms with Crippen molar-refractivity contribution in [1.82, 2.24) is 4.98 Å². The Hall–Kier alpha value is -3.51. The first kappa shape index (κ1) is 20.4. The van der Waals surface area contributed by atoms with Gasteiger partial charge in [0.1, 0.15) is 11.6 Å². The molecule has 0 spiro atoms. The molecule has 5 rings (SSSR count). The van der Waals surface area contributed by atoms with E-state index < -0.39 is 17.7 Å². The summed E-state index contributed by atoms with van der Waals surface area (Å²) in [6, 6.07) is 13.9. The molecule has 2 N–H and O–H groups in total. The molecule has 0 radical (unpaired) electrons. The van der Waals surface area contributed by atoms with Crippen LogP contribution in [0.1, 0.15) is 17.5 Å². The number of halogens is 3. The average Bonchev–Trinajstić information content (AvgIpc) is 3.22. The number of urea groups is 1. The van der Waals surface area contributed by atoms with Gasteiger partial charge < -0.3 is 10.6 Å². The summed E-state index contributed by atoms with van der Waals surface area (Å²) in [5, 5.41) is 6.59. The monoisotopic (exact) mass is 449 g/mol. The molecular formula is C25H18ClF2N3O. The van der Waals surface area contributed by atoms with Gasteiger partial charge >= 0.3 is 6.03 Å². The minimum atomic E-state index is -0.862. The first-order valence-electron chi connectivity index (χ1n) is 10.2. The summed E-state index contributed by atoms with van der Waals surface area (Å²) in [6.07, 6.45) is 4.70. The fraction of sp³-hybridized carbons (Fsp3) is 0.120. The minimum absolute atomic E-state index is 0.130. The van der Waals surface area contributed by atoms with Gasteiger partial charge in [0.2, 0.25) is 0 Å². The molecule has 1 aromatic heterocycles. The Bertz CT molecular complexity index is 1370. The summed E-state index contributed by atoms with van der Waals surface area (Å²) in [7, 11) is 0. The van der Waals surface area contributed by atoms with Crippen molar-refractivity contribution in [3.05, 3.63) is 88.6 Å². The largest absolute Gasteiger partial charge is 0.323 e. The number of hydrogen-bond donors (Lipinski definition) is 2. The van der Waals surface area contributed by atoms with Crippen molar-refractivity contribution >= 4 is 39.9 Å². The number of benzene rings is 3. The number of hydrogen-bond acceptors (Lipinski definition) is 2. The zero-order chi connectivity index (χ0) is 22.2. The molecule has 0 aliphatic heterocycles. The summed E-state index contributed by atoms with van der Waals surface area (Å²) in [6.45, 7) is 0. The molecule has 0 saturated heterocycles. The molecule has 1 aliphatic carbocycles. The van der Waals surface area contributed by atoms with Crippen LogP contribution in [0, 0.1) is 11.6 Å². The molecule has 7 heteroatoms. The van der Waals surface area contributed by atoms with Crippen LogP contribution in [-0.4, -0.2) is 11.0 Å². The first-order valence-corrected chi connectivity index (χ1v) is 10.6. The molecule has 0 bridgehead atoms. The third kappa shape index (κ3) is 3.78. The summed E-state index contributed by atoms with van der Waals surface area (Å²) in [4.78, 5) is 17.2. The van der Waals surface area contributed by atoms with E-state index in [9.17, 15) is 13.6 Å². The van der Waals surface area contributed by atoms with E-state index in [1.165, 1.54) is 17.2 Å². The number of amides is 2. The lowest BCUT2D eigenvalue weighted by Crippen LogP contribution is -2.21.